The number of ether oxygens (including phenoxy) is 1. The summed E-state index contributed by atoms with van der Waals surface area (Å²) in [4.78, 5) is 0. The van der Waals surface area contributed by atoms with E-state index >= 15 is 0 Å². The maximum Gasteiger partial charge on any atom is 0.295 e. The van der Waals surface area contributed by atoms with Gasteiger partial charge in [0, 0.05) is 23.3 Å². The molecule has 4 heteroatoms. The van der Waals surface area contributed by atoms with Crippen molar-refractivity contribution in [2.45, 2.75) is 66.3 Å². The molecule has 0 bridgehead atoms. The first-order valence-electron chi connectivity index (χ1n) is 16.2. The number of aliphatic hydroxyl groups excluding tert-OH is 1. The molecular weight excluding hydrogens is 540 g/mol. The summed E-state index contributed by atoms with van der Waals surface area (Å²) >= 11 is 0. The largest absolute Gasteiger partial charge is 0.508 e. The molecule has 226 valence electrons. The Balaban J connectivity index is 1.39. The van der Waals surface area contributed by atoms with Crippen molar-refractivity contribution in [2.75, 3.05) is 13.2 Å². The molecular formula is C40H45N2O2+. The van der Waals surface area contributed by atoms with Crippen LogP contribution in [-0.4, -0.2) is 22.7 Å². The number of pyridine rings is 1. The average molecular weight is 586 g/mol. The summed E-state index contributed by atoms with van der Waals surface area (Å²) in [5.74, 6) is 0.714. The van der Waals surface area contributed by atoms with E-state index in [1.54, 1.807) is 0 Å². The lowest BCUT2D eigenvalue weighted by molar-refractivity contribution is -0.696. The maximum atomic E-state index is 11.2. The second-order valence-corrected chi connectivity index (χ2v) is 14.5. The molecule has 2 aromatic heterocycles. The molecule has 0 amide bonds. The summed E-state index contributed by atoms with van der Waals surface area (Å²) in [5.41, 5.74) is 3.87. The molecule has 0 saturated carbocycles. The van der Waals surface area contributed by atoms with E-state index in [1.807, 2.05) is 0 Å². The summed E-state index contributed by atoms with van der Waals surface area (Å²) in [6.07, 6.45) is 6.21. The van der Waals surface area contributed by atoms with Gasteiger partial charge < -0.3 is 9.84 Å². The Hall–Kier alpha value is -3.89. The van der Waals surface area contributed by atoms with Crippen molar-refractivity contribution in [3.63, 3.8) is 0 Å². The van der Waals surface area contributed by atoms with E-state index in [0.717, 1.165) is 18.5 Å². The van der Waals surface area contributed by atoms with Gasteiger partial charge in [0.2, 0.25) is 0 Å². The van der Waals surface area contributed by atoms with Crippen molar-refractivity contribution >= 4 is 48.9 Å². The van der Waals surface area contributed by atoms with Crippen molar-refractivity contribution in [3.8, 4) is 0 Å². The molecule has 0 radical (unpaired) electrons. The third kappa shape index (κ3) is 4.33. The van der Waals surface area contributed by atoms with Gasteiger partial charge in [-0.2, -0.15) is 4.40 Å². The van der Waals surface area contributed by atoms with Crippen molar-refractivity contribution in [1.82, 2.24) is 4.40 Å². The Labute approximate surface area is 260 Å². The van der Waals surface area contributed by atoms with Gasteiger partial charge in [0.15, 0.2) is 6.04 Å². The molecule has 1 aliphatic rings. The van der Waals surface area contributed by atoms with Gasteiger partial charge in [-0.05, 0) is 68.5 Å². The van der Waals surface area contributed by atoms with Gasteiger partial charge in [-0.1, -0.05) is 103 Å². The molecule has 4 nitrogen and oxygen atoms in total. The Kier molecular flexibility index (Phi) is 6.78. The molecule has 0 saturated heterocycles. The van der Waals surface area contributed by atoms with Gasteiger partial charge in [0.05, 0.1) is 12.0 Å². The van der Waals surface area contributed by atoms with Crippen molar-refractivity contribution < 1.29 is 14.4 Å². The average Bonchev–Trinajstić information content (AvgIpc) is 3.46. The molecule has 1 aliphatic heterocycles. The molecule has 7 rings (SSSR count). The summed E-state index contributed by atoms with van der Waals surface area (Å²) in [6.45, 7) is 19.5. The minimum absolute atomic E-state index is 0.00956. The zero-order chi connectivity index (χ0) is 31.0. The first-order valence-corrected chi connectivity index (χ1v) is 16.2. The number of hydrogen-bond donors (Lipinski definition) is 1. The van der Waals surface area contributed by atoms with Crippen molar-refractivity contribution in [3.05, 3.63) is 97.0 Å². The fourth-order valence-corrected chi connectivity index (χ4v) is 8.01. The molecule has 6 aromatic rings. The zero-order valence-electron chi connectivity index (χ0n) is 27.0. The van der Waals surface area contributed by atoms with Gasteiger partial charge >= 0.3 is 0 Å². The van der Waals surface area contributed by atoms with Crippen LogP contribution in [0, 0.1) is 16.7 Å². The van der Waals surface area contributed by atoms with E-state index in [4.69, 9.17) is 4.74 Å². The Bertz CT molecular complexity index is 2080. The van der Waals surface area contributed by atoms with Gasteiger partial charge in [-0.25, -0.2) is 4.57 Å². The second kappa shape index (κ2) is 10.3. The molecule has 0 spiro atoms. The van der Waals surface area contributed by atoms with Crippen LogP contribution in [0.4, 0.5) is 0 Å². The first-order chi connectivity index (χ1) is 21.0. The molecule has 0 fully saturated rings. The number of aliphatic hydroxyl groups is 1. The van der Waals surface area contributed by atoms with Crippen LogP contribution >= 0.6 is 0 Å². The zero-order valence-corrected chi connectivity index (χ0v) is 27.0. The lowest BCUT2D eigenvalue weighted by Crippen LogP contribution is -2.46. The van der Waals surface area contributed by atoms with Crippen LogP contribution in [0.2, 0.25) is 0 Å². The second-order valence-electron chi connectivity index (χ2n) is 14.5. The first kappa shape index (κ1) is 28.9. The molecule has 0 aliphatic carbocycles. The fourth-order valence-electron chi connectivity index (χ4n) is 8.01. The summed E-state index contributed by atoms with van der Waals surface area (Å²) < 4.78 is 11.1. The highest BCUT2D eigenvalue weighted by Crippen LogP contribution is 2.48. The number of benzene rings is 4. The van der Waals surface area contributed by atoms with E-state index < -0.39 is 0 Å². The lowest BCUT2D eigenvalue weighted by atomic mass is 9.65. The van der Waals surface area contributed by atoms with Crippen LogP contribution < -0.4 is 4.57 Å². The predicted octanol–water partition coefficient (Wildman–Crippen LogP) is 10.1. The maximum absolute atomic E-state index is 11.2. The highest BCUT2D eigenvalue weighted by molar-refractivity contribution is 6.20. The van der Waals surface area contributed by atoms with Crippen LogP contribution in [0.1, 0.15) is 71.9 Å². The minimum atomic E-state index is -0.283. The SMILES string of the molecule is C=C(O)C1C(CCOCC(C)(C)[C@H](C)C(C)(C)CC)c2c3ccccc3cc3c4cc5ccccc5cc4n4cc[n+]1c4c23. The monoisotopic (exact) mass is 585 g/mol. The third-order valence-corrected chi connectivity index (χ3v) is 11.3. The number of imidazole rings is 1. The van der Waals surface area contributed by atoms with Crippen LogP contribution in [0.15, 0.2) is 91.5 Å². The molecule has 4 aromatic carbocycles. The van der Waals surface area contributed by atoms with E-state index in [-0.39, 0.29) is 28.5 Å². The normalized spacial score (nSPS) is 17.9. The highest BCUT2D eigenvalue weighted by atomic mass is 16.5. The van der Waals surface area contributed by atoms with E-state index in [0.29, 0.717) is 19.1 Å². The van der Waals surface area contributed by atoms with Crippen LogP contribution in [-0.2, 0) is 4.74 Å². The van der Waals surface area contributed by atoms with Crippen molar-refractivity contribution in [2.24, 2.45) is 16.7 Å². The van der Waals surface area contributed by atoms with E-state index in [9.17, 15) is 5.11 Å². The number of fused-ring (bicyclic) bond motifs is 6. The molecule has 3 heterocycles. The van der Waals surface area contributed by atoms with Crippen LogP contribution in [0.25, 0.3) is 48.9 Å². The van der Waals surface area contributed by atoms with E-state index in [2.05, 4.69) is 136 Å². The third-order valence-electron chi connectivity index (χ3n) is 11.3. The van der Waals surface area contributed by atoms with Gasteiger partial charge in [0.1, 0.15) is 23.7 Å². The quantitative estimate of drug-likeness (QED) is 0.0603. The number of allylic oxidation sites excluding steroid dienone is 1. The smallest absolute Gasteiger partial charge is 0.295 e. The highest BCUT2D eigenvalue weighted by Gasteiger charge is 2.42. The molecule has 3 atom stereocenters. The number of aromatic nitrogens is 2. The summed E-state index contributed by atoms with van der Waals surface area (Å²) in [6, 6.07) is 24.0. The van der Waals surface area contributed by atoms with Crippen LogP contribution in [0.5, 0.6) is 0 Å². The number of hydrogen-bond acceptors (Lipinski definition) is 2. The topological polar surface area (TPSA) is 37.8 Å². The predicted molar refractivity (Wildman–Crippen MR) is 184 cm³/mol. The lowest BCUT2D eigenvalue weighted by Gasteiger charge is -2.42. The fraction of sp³-hybridized carbons (Fsp3) is 0.375. The Morgan fingerprint density at radius 2 is 1.59 bits per heavy atom. The molecule has 2 unspecified atom stereocenters. The van der Waals surface area contributed by atoms with Gasteiger partial charge in [-0.3, -0.25) is 0 Å². The van der Waals surface area contributed by atoms with Crippen LogP contribution in [0.3, 0.4) is 0 Å². The number of rotatable bonds is 9. The number of nitrogens with zero attached hydrogens (tertiary/aromatic N) is 2. The van der Waals surface area contributed by atoms with E-state index in [1.165, 1.54) is 48.8 Å². The van der Waals surface area contributed by atoms with Gasteiger partial charge in [-0.15, -0.1) is 0 Å². The van der Waals surface area contributed by atoms with Crippen molar-refractivity contribution in [1.29, 1.82) is 0 Å². The Morgan fingerprint density at radius 1 is 0.932 bits per heavy atom. The molecule has 44 heavy (non-hydrogen) atoms. The summed E-state index contributed by atoms with van der Waals surface area (Å²) in [5, 5.41) is 19.9. The van der Waals surface area contributed by atoms with Gasteiger partial charge in [0.25, 0.3) is 5.65 Å². The Morgan fingerprint density at radius 3 is 2.30 bits per heavy atom. The standard InChI is InChI=1S/C40H44N2O2/c1-8-39(4,5)26(3)40(6,7)24-44-20-17-31-35-30-16-12-11-15-29(30)22-33-32-21-27-13-9-10-14-28(27)23-34(32)41-18-19-42(37(31)25(2)43)38(41)36(33)35/h9-16,18-19,21-23,26,31,37H,2,8,17,20,24H2,1,3-7H3/p+1/t26-,31?,37?/m1/s1. The molecule has 1 N–H and O–H groups in total. The minimum Gasteiger partial charge on any atom is -0.508 e. The summed E-state index contributed by atoms with van der Waals surface area (Å²) in [7, 11) is 0.